The lowest BCUT2D eigenvalue weighted by Gasteiger charge is -2.30. The fourth-order valence-electron chi connectivity index (χ4n) is 1.55. The molecule has 0 spiro atoms. The van der Waals surface area contributed by atoms with E-state index < -0.39 is 33.4 Å². The highest BCUT2D eigenvalue weighted by molar-refractivity contribution is 6.76. The van der Waals surface area contributed by atoms with Crippen molar-refractivity contribution >= 4 is 8.07 Å². The average Bonchev–Trinajstić information content (AvgIpc) is 2.10. The molecule has 0 aliphatic rings. The molecular weight excluding hydrogens is 251 g/mol. The highest BCUT2D eigenvalue weighted by atomic mass is 28.3. The van der Waals surface area contributed by atoms with Crippen molar-refractivity contribution in [2.75, 3.05) is 25.9 Å². The maximum Gasteiger partial charge on any atom is 0.390 e. The maximum atomic E-state index is 12.1. The Morgan fingerprint density at radius 3 is 2.12 bits per heavy atom. The average molecular weight is 273 g/mol. The van der Waals surface area contributed by atoms with E-state index in [1.54, 1.807) is 4.90 Å². The van der Waals surface area contributed by atoms with Crippen LogP contribution in [0, 0.1) is 0 Å². The third-order valence-electron chi connectivity index (χ3n) is 2.09. The second-order valence-electron chi connectivity index (χ2n) is 5.50. The number of hydrogen-bond donors (Lipinski definition) is 2. The predicted molar refractivity (Wildman–Crippen MR) is 63.6 cm³/mol. The van der Waals surface area contributed by atoms with Gasteiger partial charge in [-0.25, -0.2) is 0 Å². The molecule has 0 heterocycles. The third kappa shape index (κ3) is 10.7. The summed E-state index contributed by atoms with van der Waals surface area (Å²) in [5.41, 5.74) is 0. The smallest absolute Gasteiger partial charge is 0.390 e. The van der Waals surface area contributed by atoms with Crippen LogP contribution < -0.4 is 0 Å². The Morgan fingerprint density at radius 1 is 1.24 bits per heavy atom. The zero-order chi connectivity index (χ0) is 13.7. The maximum absolute atomic E-state index is 12.1. The van der Waals surface area contributed by atoms with Crippen LogP contribution in [0.5, 0.6) is 0 Å². The minimum atomic E-state index is -4.18. The minimum absolute atomic E-state index is 0.0941. The van der Waals surface area contributed by atoms with Crippen LogP contribution in [0.1, 0.15) is 6.42 Å². The molecule has 1 atom stereocenters. The van der Waals surface area contributed by atoms with E-state index in [-0.39, 0.29) is 13.1 Å². The van der Waals surface area contributed by atoms with Crippen LogP contribution in [0.4, 0.5) is 13.2 Å². The SMILES string of the molecule is C[Si](C)(C)CN(CCC(F)(F)F)C[C@H](O)CO. The molecule has 0 aromatic rings. The van der Waals surface area contributed by atoms with E-state index >= 15 is 0 Å². The van der Waals surface area contributed by atoms with Gasteiger partial charge in [0.25, 0.3) is 0 Å². The molecule has 0 bridgehead atoms. The van der Waals surface area contributed by atoms with E-state index in [4.69, 9.17) is 5.11 Å². The number of aliphatic hydroxyl groups excluding tert-OH is 2. The van der Waals surface area contributed by atoms with E-state index in [0.717, 1.165) is 0 Å². The van der Waals surface area contributed by atoms with Crippen LogP contribution in [0.3, 0.4) is 0 Å². The Balaban J connectivity index is 4.30. The van der Waals surface area contributed by atoms with Crippen LogP contribution in [-0.2, 0) is 0 Å². The van der Waals surface area contributed by atoms with Gasteiger partial charge in [0.1, 0.15) is 0 Å². The van der Waals surface area contributed by atoms with Gasteiger partial charge in [0, 0.05) is 13.1 Å². The van der Waals surface area contributed by atoms with Crippen molar-refractivity contribution in [3.8, 4) is 0 Å². The summed E-state index contributed by atoms with van der Waals surface area (Å²) >= 11 is 0. The second kappa shape index (κ2) is 6.72. The second-order valence-corrected chi connectivity index (χ2v) is 10.9. The Hall–Kier alpha value is -0.113. The molecule has 0 fully saturated rings. The van der Waals surface area contributed by atoms with Gasteiger partial charge < -0.3 is 15.1 Å². The van der Waals surface area contributed by atoms with Crippen molar-refractivity contribution in [2.45, 2.75) is 38.3 Å². The van der Waals surface area contributed by atoms with Crippen LogP contribution in [0.15, 0.2) is 0 Å². The van der Waals surface area contributed by atoms with Crippen LogP contribution in [0.2, 0.25) is 19.6 Å². The number of nitrogens with zero attached hydrogens (tertiary/aromatic N) is 1. The Bertz CT molecular complexity index is 219. The highest BCUT2D eigenvalue weighted by Gasteiger charge is 2.29. The van der Waals surface area contributed by atoms with Crippen LogP contribution in [0.25, 0.3) is 0 Å². The molecule has 104 valence electrons. The van der Waals surface area contributed by atoms with E-state index in [1.165, 1.54) is 0 Å². The molecule has 7 heteroatoms. The lowest BCUT2D eigenvalue weighted by Crippen LogP contribution is -2.45. The number of aliphatic hydroxyl groups is 2. The van der Waals surface area contributed by atoms with Crippen molar-refractivity contribution < 1.29 is 23.4 Å². The number of halogens is 3. The van der Waals surface area contributed by atoms with Gasteiger partial charge in [-0.05, 0) is 6.17 Å². The Morgan fingerprint density at radius 2 is 1.76 bits per heavy atom. The quantitative estimate of drug-likeness (QED) is 0.690. The summed E-state index contributed by atoms with van der Waals surface area (Å²) in [6.07, 6.45) is -5.45. The first kappa shape index (κ1) is 16.9. The molecule has 0 radical (unpaired) electrons. The fourth-order valence-corrected chi connectivity index (χ4v) is 3.18. The van der Waals surface area contributed by atoms with Crippen molar-refractivity contribution in [2.24, 2.45) is 0 Å². The van der Waals surface area contributed by atoms with Gasteiger partial charge in [0.05, 0.1) is 27.2 Å². The van der Waals surface area contributed by atoms with E-state index in [9.17, 15) is 18.3 Å². The van der Waals surface area contributed by atoms with E-state index in [2.05, 4.69) is 19.6 Å². The zero-order valence-corrected chi connectivity index (χ0v) is 11.6. The summed E-state index contributed by atoms with van der Waals surface area (Å²) in [5, 5.41) is 18.0. The monoisotopic (exact) mass is 273 g/mol. The van der Waals surface area contributed by atoms with Gasteiger partial charge in [0.15, 0.2) is 0 Å². The van der Waals surface area contributed by atoms with Gasteiger partial charge in [-0.3, -0.25) is 0 Å². The summed E-state index contributed by atoms with van der Waals surface area (Å²) in [6, 6.07) is 0. The topological polar surface area (TPSA) is 43.7 Å². The summed E-state index contributed by atoms with van der Waals surface area (Å²) < 4.78 is 36.4. The minimum Gasteiger partial charge on any atom is -0.394 e. The molecule has 0 rings (SSSR count). The highest BCUT2D eigenvalue weighted by Crippen LogP contribution is 2.20. The molecule has 17 heavy (non-hydrogen) atoms. The summed E-state index contributed by atoms with van der Waals surface area (Å²) in [4.78, 5) is 1.60. The molecular formula is C10H22F3NO2Si. The van der Waals surface area contributed by atoms with E-state index in [0.29, 0.717) is 6.17 Å². The Labute approximate surface area is 101 Å². The standard InChI is InChI=1S/C10H22F3NO2Si/c1-17(2,3)8-14(6-9(16)7-15)5-4-10(11,12)13/h9,15-16H,4-8H2,1-3H3/t9-/m0/s1. The van der Waals surface area contributed by atoms with Crippen LogP contribution in [-0.4, -0.2) is 61.3 Å². The molecule has 2 N–H and O–H groups in total. The van der Waals surface area contributed by atoms with Gasteiger partial charge in [-0.1, -0.05) is 19.6 Å². The largest absolute Gasteiger partial charge is 0.394 e. The van der Waals surface area contributed by atoms with Gasteiger partial charge in [-0.2, -0.15) is 13.2 Å². The van der Waals surface area contributed by atoms with E-state index in [1.807, 2.05) is 0 Å². The molecule has 0 saturated heterocycles. The van der Waals surface area contributed by atoms with Gasteiger partial charge >= 0.3 is 6.18 Å². The molecule has 3 nitrogen and oxygen atoms in total. The third-order valence-corrected chi connectivity index (χ3v) is 3.49. The first-order valence-corrected chi connectivity index (χ1v) is 9.32. The number of hydrogen-bond acceptors (Lipinski definition) is 3. The van der Waals surface area contributed by atoms with Gasteiger partial charge in [-0.15, -0.1) is 0 Å². The first-order chi connectivity index (χ1) is 7.53. The van der Waals surface area contributed by atoms with Crippen molar-refractivity contribution in [3.63, 3.8) is 0 Å². The molecule has 0 aromatic heterocycles. The number of rotatable bonds is 7. The predicted octanol–water partition coefficient (Wildman–Crippen LogP) is 1.47. The van der Waals surface area contributed by atoms with Crippen molar-refractivity contribution in [3.05, 3.63) is 0 Å². The molecule has 0 amide bonds. The van der Waals surface area contributed by atoms with Crippen molar-refractivity contribution in [1.29, 1.82) is 0 Å². The molecule has 0 aliphatic heterocycles. The summed E-state index contributed by atoms with van der Waals surface area (Å²) in [7, 11) is -1.53. The molecule has 0 saturated carbocycles. The molecule has 0 aliphatic carbocycles. The molecule has 0 unspecified atom stereocenters. The normalized spacial score (nSPS) is 15.4. The molecule has 0 aromatic carbocycles. The first-order valence-electron chi connectivity index (χ1n) is 5.61. The van der Waals surface area contributed by atoms with Gasteiger partial charge in [0.2, 0.25) is 0 Å². The zero-order valence-electron chi connectivity index (χ0n) is 10.6. The summed E-state index contributed by atoms with van der Waals surface area (Å²) in [6.45, 7) is 5.71. The summed E-state index contributed by atoms with van der Waals surface area (Å²) in [5.74, 6) is 0. The Kier molecular flexibility index (Phi) is 6.68. The fraction of sp³-hybridized carbons (Fsp3) is 1.00. The lowest BCUT2D eigenvalue weighted by atomic mass is 10.3. The number of alkyl halides is 3. The van der Waals surface area contributed by atoms with Crippen LogP contribution >= 0.6 is 0 Å². The van der Waals surface area contributed by atoms with Crippen molar-refractivity contribution in [1.82, 2.24) is 4.90 Å². The lowest BCUT2D eigenvalue weighted by molar-refractivity contribution is -0.138.